The van der Waals surface area contributed by atoms with Crippen molar-refractivity contribution >= 4 is 28.2 Å². The second kappa shape index (κ2) is 8.62. The molecule has 1 amide bonds. The molecule has 0 radical (unpaired) electrons. The molecule has 1 aliphatic heterocycles. The lowest BCUT2D eigenvalue weighted by atomic mass is 10.1. The highest BCUT2D eigenvalue weighted by Crippen LogP contribution is 2.25. The number of benzene rings is 3. The normalized spacial score (nSPS) is 14.6. The molecule has 2 N–H and O–H groups in total. The van der Waals surface area contributed by atoms with E-state index in [9.17, 15) is 4.79 Å². The number of hydrogen-bond acceptors (Lipinski definition) is 4. The Hall–Kier alpha value is -3.64. The van der Waals surface area contributed by atoms with Gasteiger partial charge in [0.2, 0.25) is 0 Å². The summed E-state index contributed by atoms with van der Waals surface area (Å²) in [6.07, 6.45) is 1.80. The molecule has 2 heterocycles. The Morgan fingerprint density at radius 2 is 1.71 bits per heavy atom. The second-order valence-corrected chi connectivity index (χ2v) is 7.90. The molecule has 0 unspecified atom stereocenters. The van der Waals surface area contributed by atoms with Crippen molar-refractivity contribution in [2.75, 3.05) is 31.5 Å². The third kappa shape index (κ3) is 4.29. The molecule has 31 heavy (non-hydrogen) atoms. The first kappa shape index (κ1) is 19.3. The molecule has 4 aromatic rings. The van der Waals surface area contributed by atoms with Crippen molar-refractivity contribution in [3.8, 4) is 0 Å². The number of para-hydroxylation sites is 1. The summed E-state index contributed by atoms with van der Waals surface area (Å²) in [5, 5.41) is 11.5. The smallest absolute Gasteiger partial charge is 0.256 e. The van der Waals surface area contributed by atoms with Gasteiger partial charge in [-0.25, -0.2) is 0 Å². The van der Waals surface area contributed by atoms with Crippen LogP contribution >= 0.6 is 0 Å². The van der Waals surface area contributed by atoms with E-state index in [0.717, 1.165) is 55.0 Å². The first-order valence-electron chi connectivity index (χ1n) is 10.6. The van der Waals surface area contributed by atoms with Gasteiger partial charge in [-0.15, -0.1) is 0 Å². The lowest BCUT2D eigenvalue weighted by molar-refractivity contribution is 0.0629. The Bertz CT molecular complexity index is 1180. The van der Waals surface area contributed by atoms with Crippen LogP contribution < -0.4 is 5.32 Å². The lowest BCUT2D eigenvalue weighted by Gasteiger charge is -2.35. The zero-order valence-corrected chi connectivity index (χ0v) is 17.3. The number of aromatic nitrogens is 2. The maximum Gasteiger partial charge on any atom is 0.256 e. The molecule has 0 saturated carbocycles. The van der Waals surface area contributed by atoms with Gasteiger partial charge >= 0.3 is 0 Å². The molecule has 0 aliphatic carbocycles. The topological polar surface area (TPSA) is 64.3 Å². The van der Waals surface area contributed by atoms with Crippen LogP contribution in [0.3, 0.4) is 0 Å². The van der Waals surface area contributed by atoms with Crippen LogP contribution in [0.5, 0.6) is 0 Å². The number of piperazine rings is 1. The molecule has 5 rings (SSSR count). The van der Waals surface area contributed by atoms with E-state index in [4.69, 9.17) is 0 Å². The number of carbonyl (C=O) groups is 1. The van der Waals surface area contributed by atoms with Gasteiger partial charge in [-0.3, -0.25) is 14.8 Å². The molecule has 1 aromatic heterocycles. The monoisotopic (exact) mass is 411 g/mol. The highest BCUT2D eigenvalue weighted by Gasteiger charge is 2.23. The maximum absolute atomic E-state index is 13.3. The van der Waals surface area contributed by atoms with Crippen LogP contribution in [0.2, 0.25) is 0 Å². The lowest BCUT2D eigenvalue weighted by Crippen LogP contribution is -2.48. The summed E-state index contributed by atoms with van der Waals surface area (Å²) in [4.78, 5) is 17.7. The van der Waals surface area contributed by atoms with Crippen LogP contribution in [-0.4, -0.2) is 52.1 Å². The molecule has 0 atom stereocenters. The van der Waals surface area contributed by atoms with E-state index in [0.29, 0.717) is 5.56 Å². The molecule has 1 aliphatic rings. The summed E-state index contributed by atoms with van der Waals surface area (Å²) >= 11 is 0. The number of H-pyrrole nitrogens is 1. The fourth-order valence-electron chi connectivity index (χ4n) is 4.08. The van der Waals surface area contributed by atoms with E-state index in [-0.39, 0.29) is 5.91 Å². The van der Waals surface area contributed by atoms with Gasteiger partial charge in [-0.05, 0) is 35.9 Å². The minimum absolute atomic E-state index is 0.0758. The Balaban J connectivity index is 1.27. The summed E-state index contributed by atoms with van der Waals surface area (Å²) in [7, 11) is 0. The number of fused-ring (bicyclic) bond motifs is 1. The summed E-state index contributed by atoms with van der Waals surface area (Å²) in [5.74, 6) is 0.0758. The van der Waals surface area contributed by atoms with E-state index in [1.165, 1.54) is 5.56 Å². The minimum atomic E-state index is 0.0758. The van der Waals surface area contributed by atoms with Crippen LogP contribution in [0.25, 0.3) is 10.9 Å². The van der Waals surface area contributed by atoms with Gasteiger partial charge in [0, 0.05) is 43.8 Å². The van der Waals surface area contributed by atoms with Gasteiger partial charge in [0.1, 0.15) is 0 Å². The Labute approximate surface area is 181 Å². The number of aromatic amines is 1. The molecule has 0 bridgehead atoms. The molecular weight excluding hydrogens is 386 g/mol. The van der Waals surface area contributed by atoms with Crippen LogP contribution in [0, 0.1) is 0 Å². The Morgan fingerprint density at radius 1 is 0.935 bits per heavy atom. The fraction of sp³-hybridized carbons (Fsp3) is 0.200. The number of amides is 1. The fourth-order valence-corrected chi connectivity index (χ4v) is 4.08. The highest BCUT2D eigenvalue weighted by atomic mass is 16.2. The standard InChI is InChI=1S/C25H25N5O/c31-25(30-14-12-29(13-15-30)18-19-6-2-1-3-7-19)22-8-4-5-9-24(22)27-21-10-11-23-20(16-21)17-26-28-23/h1-11,16-17,27H,12-15,18H2,(H,26,28). The minimum Gasteiger partial charge on any atom is -0.355 e. The van der Waals surface area contributed by atoms with Crippen LogP contribution in [0.15, 0.2) is 79.0 Å². The Morgan fingerprint density at radius 3 is 2.55 bits per heavy atom. The van der Waals surface area contributed by atoms with Gasteiger partial charge in [0.25, 0.3) is 5.91 Å². The largest absolute Gasteiger partial charge is 0.355 e. The van der Waals surface area contributed by atoms with E-state index in [2.05, 4.69) is 44.7 Å². The number of rotatable bonds is 5. The molecule has 1 fully saturated rings. The summed E-state index contributed by atoms with van der Waals surface area (Å²) < 4.78 is 0. The van der Waals surface area contributed by atoms with E-state index >= 15 is 0 Å². The van der Waals surface area contributed by atoms with Gasteiger partial charge in [-0.1, -0.05) is 42.5 Å². The van der Waals surface area contributed by atoms with Gasteiger partial charge in [0.05, 0.1) is 23.0 Å². The van der Waals surface area contributed by atoms with Crippen molar-refractivity contribution < 1.29 is 4.79 Å². The van der Waals surface area contributed by atoms with E-state index in [1.807, 2.05) is 53.4 Å². The van der Waals surface area contributed by atoms with Crippen LogP contribution in [-0.2, 0) is 6.54 Å². The highest BCUT2D eigenvalue weighted by molar-refractivity contribution is 6.00. The molecule has 0 spiro atoms. The third-order valence-electron chi connectivity index (χ3n) is 5.79. The van der Waals surface area contributed by atoms with E-state index < -0.39 is 0 Å². The SMILES string of the molecule is O=C(c1ccccc1Nc1ccc2[nH]ncc2c1)N1CCN(Cc2ccccc2)CC1. The zero-order valence-electron chi connectivity index (χ0n) is 17.3. The predicted octanol–water partition coefficient (Wildman–Crippen LogP) is 4.26. The molecule has 1 saturated heterocycles. The molecule has 3 aromatic carbocycles. The van der Waals surface area contributed by atoms with Gasteiger partial charge in [-0.2, -0.15) is 5.10 Å². The second-order valence-electron chi connectivity index (χ2n) is 7.90. The third-order valence-corrected chi connectivity index (χ3v) is 5.79. The predicted molar refractivity (Wildman–Crippen MR) is 123 cm³/mol. The van der Waals surface area contributed by atoms with Gasteiger partial charge in [0.15, 0.2) is 0 Å². The van der Waals surface area contributed by atoms with Crippen LogP contribution in [0.4, 0.5) is 11.4 Å². The molecule has 6 heteroatoms. The van der Waals surface area contributed by atoms with Crippen LogP contribution in [0.1, 0.15) is 15.9 Å². The summed E-state index contributed by atoms with van der Waals surface area (Å²) in [5.41, 5.74) is 4.75. The number of nitrogens with one attached hydrogen (secondary N) is 2. The summed E-state index contributed by atoms with van der Waals surface area (Å²) in [6.45, 7) is 4.17. The first-order chi connectivity index (χ1) is 15.3. The number of carbonyl (C=O) groups excluding carboxylic acids is 1. The average Bonchev–Trinajstić information content (AvgIpc) is 3.28. The zero-order chi connectivity index (χ0) is 21.0. The van der Waals surface area contributed by atoms with E-state index in [1.54, 1.807) is 6.20 Å². The summed E-state index contributed by atoms with van der Waals surface area (Å²) in [6, 6.07) is 24.2. The average molecular weight is 412 g/mol. The molecule has 6 nitrogen and oxygen atoms in total. The van der Waals surface area contributed by atoms with Crippen molar-refractivity contribution in [3.63, 3.8) is 0 Å². The molecule has 156 valence electrons. The maximum atomic E-state index is 13.3. The van der Waals surface area contributed by atoms with Gasteiger partial charge < -0.3 is 10.2 Å². The Kier molecular flexibility index (Phi) is 5.37. The number of anilines is 2. The van der Waals surface area contributed by atoms with Crippen molar-refractivity contribution in [1.29, 1.82) is 0 Å². The quantitative estimate of drug-likeness (QED) is 0.515. The van der Waals surface area contributed by atoms with Crippen molar-refractivity contribution in [2.24, 2.45) is 0 Å². The van der Waals surface area contributed by atoms with Crippen molar-refractivity contribution in [3.05, 3.63) is 90.1 Å². The number of hydrogen-bond donors (Lipinski definition) is 2. The number of nitrogens with zero attached hydrogens (tertiary/aromatic N) is 3. The first-order valence-corrected chi connectivity index (χ1v) is 10.6. The van der Waals surface area contributed by atoms with Crippen molar-refractivity contribution in [1.82, 2.24) is 20.0 Å². The molecular formula is C25H25N5O. The van der Waals surface area contributed by atoms with Crippen molar-refractivity contribution in [2.45, 2.75) is 6.54 Å².